The second-order valence-electron chi connectivity index (χ2n) is 2.75. The summed E-state index contributed by atoms with van der Waals surface area (Å²) in [5.74, 6) is -0.924. The first kappa shape index (κ1) is 7.50. The standard InChI is InChI=1S/C6H12N2O2/c1-8-4-2-3-6(8,7)5(9)10/h2-4,7H2,1H3,(H,9,10)/t6-/m0/s1. The molecule has 58 valence electrons. The van der Waals surface area contributed by atoms with Gasteiger partial charge in [0.1, 0.15) is 0 Å². The molecule has 4 nitrogen and oxygen atoms in total. The molecule has 0 aliphatic carbocycles. The molecule has 1 aliphatic rings. The predicted molar refractivity (Wildman–Crippen MR) is 36.4 cm³/mol. The lowest BCUT2D eigenvalue weighted by Crippen LogP contribution is -2.56. The Morgan fingerprint density at radius 1 is 1.80 bits per heavy atom. The van der Waals surface area contributed by atoms with Crippen molar-refractivity contribution in [2.45, 2.75) is 18.5 Å². The minimum Gasteiger partial charge on any atom is -0.479 e. The van der Waals surface area contributed by atoms with Gasteiger partial charge in [0.25, 0.3) is 0 Å². The number of hydrogen-bond acceptors (Lipinski definition) is 3. The highest BCUT2D eigenvalue weighted by atomic mass is 16.4. The Morgan fingerprint density at radius 2 is 2.40 bits per heavy atom. The zero-order valence-electron chi connectivity index (χ0n) is 6.00. The Balaban J connectivity index is 2.75. The fourth-order valence-electron chi connectivity index (χ4n) is 1.25. The molecule has 1 fully saturated rings. The fraction of sp³-hybridized carbons (Fsp3) is 0.833. The van der Waals surface area contributed by atoms with Crippen molar-refractivity contribution in [1.82, 2.24) is 4.90 Å². The van der Waals surface area contributed by atoms with Crippen molar-refractivity contribution in [1.29, 1.82) is 0 Å². The Bertz CT molecular complexity index is 160. The smallest absolute Gasteiger partial charge is 0.338 e. The maximum atomic E-state index is 10.6. The molecule has 0 aromatic heterocycles. The maximum Gasteiger partial charge on any atom is 0.338 e. The lowest BCUT2D eigenvalue weighted by Gasteiger charge is -2.26. The highest BCUT2D eigenvalue weighted by Gasteiger charge is 2.41. The highest BCUT2D eigenvalue weighted by molar-refractivity contribution is 5.78. The Kier molecular flexibility index (Phi) is 1.66. The molecule has 0 bridgehead atoms. The van der Waals surface area contributed by atoms with Crippen molar-refractivity contribution < 1.29 is 9.90 Å². The van der Waals surface area contributed by atoms with Gasteiger partial charge in [0.05, 0.1) is 0 Å². The van der Waals surface area contributed by atoms with Crippen LogP contribution in [0.15, 0.2) is 0 Å². The normalized spacial score (nSPS) is 34.6. The molecule has 1 aliphatic heterocycles. The van der Waals surface area contributed by atoms with Gasteiger partial charge < -0.3 is 10.8 Å². The van der Waals surface area contributed by atoms with Gasteiger partial charge in [0.15, 0.2) is 5.66 Å². The molecule has 0 aromatic carbocycles. The van der Waals surface area contributed by atoms with Crippen LogP contribution in [-0.2, 0) is 4.79 Å². The molecular weight excluding hydrogens is 132 g/mol. The van der Waals surface area contributed by atoms with E-state index in [-0.39, 0.29) is 0 Å². The van der Waals surface area contributed by atoms with E-state index < -0.39 is 11.6 Å². The maximum absolute atomic E-state index is 10.6. The van der Waals surface area contributed by atoms with Crippen LogP contribution in [0.5, 0.6) is 0 Å². The van der Waals surface area contributed by atoms with E-state index in [9.17, 15) is 4.79 Å². The SMILES string of the molecule is CN1CCC[C@@]1(N)C(=O)O. The number of carboxylic acid groups (broad SMARTS) is 1. The number of carboxylic acids is 1. The monoisotopic (exact) mass is 144 g/mol. The van der Waals surface area contributed by atoms with Gasteiger partial charge in [-0.3, -0.25) is 4.90 Å². The largest absolute Gasteiger partial charge is 0.479 e. The van der Waals surface area contributed by atoms with Crippen LogP contribution in [0.2, 0.25) is 0 Å². The summed E-state index contributed by atoms with van der Waals surface area (Å²) in [4.78, 5) is 12.2. The Hall–Kier alpha value is -0.610. The number of hydrogen-bond donors (Lipinski definition) is 2. The summed E-state index contributed by atoms with van der Waals surface area (Å²) in [6, 6.07) is 0. The van der Waals surface area contributed by atoms with Crippen LogP contribution in [-0.4, -0.2) is 35.2 Å². The van der Waals surface area contributed by atoms with Crippen LogP contribution in [0, 0.1) is 0 Å². The van der Waals surface area contributed by atoms with Gasteiger partial charge in [-0.05, 0) is 19.9 Å². The average Bonchev–Trinajstić information content (AvgIpc) is 2.15. The Labute approximate surface area is 59.6 Å². The van der Waals surface area contributed by atoms with Crippen molar-refractivity contribution in [3.63, 3.8) is 0 Å². The van der Waals surface area contributed by atoms with Gasteiger partial charge in [-0.2, -0.15) is 0 Å². The number of likely N-dealkylation sites (tertiary alicyclic amines) is 1. The summed E-state index contributed by atoms with van der Waals surface area (Å²) in [7, 11) is 1.74. The molecule has 0 saturated carbocycles. The van der Waals surface area contributed by atoms with Crippen LogP contribution in [0.25, 0.3) is 0 Å². The molecule has 3 N–H and O–H groups in total. The molecule has 0 amide bonds. The minimum atomic E-state index is -1.10. The zero-order chi connectivity index (χ0) is 7.78. The van der Waals surface area contributed by atoms with Crippen LogP contribution in [0.1, 0.15) is 12.8 Å². The highest BCUT2D eigenvalue weighted by Crippen LogP contribution is 2.21. The van der Waals surface area contributed by atoms with Crippen LogP contribution in [0.4, 0.5) is 0 Å². The van der Waals surface area contributed by atoms with Crippen molar-refractivity contribution in [2.24, 2.45) is 5.73 Å². The van der Waals surface area contributed by atoms with Gasteiger partial charge >= 0.3 is 5.97 Å². The summed E-state index contributed by atoms with van der Waals surface area (Å²) in [5.41, 5.74) is 4.47. The van der Waals surface area contributed by atoms with Crippen LogP contribution < -0.4 is 5.73 Å². The van der Waals surface area contributed by atoms with Crippen LogP contribution in [0.3, 0.4) is 0 Å². The molecular formula is C6H12N2O2. The van der Waals surface area contributed by atoms with Gasteiger partial charge in [-0.15, -0.1) is 0 Å². The van der Waals surface area contributed by atoms with Gasteiger partial charge in [-0.1, -0.05) is 0 Å². The first-order valence-corrected chi connectivity index (χ1v) is 3.31. The summed E-state index contributed by atoms with van der Waals surface area (Å²) < 4.78 is 0. The van der Waals surface area contributed by atoms with E-state index >= 15 is 0 Å². The van der Waals surface area contributed by atoms with E-state index in [1.54, 1.807) is 11.9 Å². The zero-order valence-corrected chi connectivity index (χ0v) is 6.00. The van der Waals surface area contributed by atoms with Gasteiger partial charge in [0.2, 0.25) is 0 Å². The first-order chi connectivity index (χ1) is 4.57. The quantitative estimate of drug-likeness (QED) is 0.518. The van der Waals surface area contributed by atoms with E-state index in [2.05, 4.69) is 0 Å². The number of likely N-dealkylation sites (N-methyl/N-ethyl adjacent to an activating group) is 1. The third-order valence-corrected chi connectivity index (χ3v) is 2.10. The van der Waals surface area contributed by atoms with E-state index in [1.807, 2.05) is 0 Å². The molecule has 1 saturated heterocycles. The molecule has 1 heterocycles. The molecule has 4 heteroatoms. The molecule has 0 unspecified atom stereocenters. The fourth-order valence-corrected chi connectivity index (χ4v) is 1.25. The van der Waals surface area contributed by atoms with Gasteiger partial charge in [-0.25, -0.2) is 4.79 Å². The number of aliphatic carboxylic acids is 1. The topological polar surface area (TPSA) is 66.6 Å². The van der Waals surface area contributed by atoms with E-state index in [0.717, 1.165) is 13.0 Å². The number of carbonyl (C=O) groups is 1. The third-order valence-electron chi connectivity index (χ3n) is 2.10. The van der Waals surface area contributed by atoms with Crippen molar-refractivity contribution >= 4 is 5.97 Å². The average molecular weight is 144 g/mol. The number of nitrogens with zero attached hydrogens (tertiary/aromatic N) is 1. The number of rotatable bonds is 1. The summed E-state index contributed by atoms with van der Waals surface area (Å²) in [6.45, 7) is 0.781. The summed E-state index contributed by atoms with van der Waals surface area (Å²) >= 11 is 0. The van der Waals surface area contributed by atoms with Crippen molar-refractivity contribution in [3.05, 3.63) is 0 Å². The molecule has 1 rings (SSSR count). The first-order valence-electron chi connectivity index (χ1n) is 3.31. The predicted octanol–water partition coefficient (Wildman–Crippen LogP) is -0.548. The Morgan fingerprint density at radius 3 is 2.60 bits per heavy atom. The second kappa shape index (κ2) is 2.21. The van der Waals surface area contributed by atoms with E-state index in [4.69, 9.17) is 10.8 Å². The van der Waals surface area contributed by atoms with Crippen LogP contribution >= 0.6 is 0 Å². The molecule has 10 heavy (non-hydrogen) atoms. The lowest BCUT2D eigenvalue weighted by atomic mass is 10.1. The van der Waals surface area contributed by atoms with E-state index in [1.165, 1.54) is 0 Å². The molecule has 0 radical (unpaired) electrons. The second-order valence-corrected chi connectivity index (χ2v) is 2.75. The van der Waals surface area contributed by atoms with E-state index in [0.29, 0.717) is 6.42 Å². The summed E-state index contributed by atoms with van der Waals surface area (Å²) in [5, 5.41) is 8.68. The van der Waals surface area contributed by atoms with Crippen molar-refractivity contribution in [3.8, 4) is 0 Å². The third kappa shape index (κ3) is 0.892. The lowest BCUT2D eigenvalue weighted by molar-refractivity contribution is -0.148. The minimum absolute atomic E-state index is 0.554. The number of nitrogens with two attached hydrogens (primary N) is 1. The van der Waals surface area contributed by atoms with Gasteiger partial charge in [0, 0.05) is 6.54 Å². The molecule has 1 atom stereocenters. The van der Waals surface area contributed by atoms with Crippen molar-refractivity contribution in [2.75, 3.05) is 13.6 Å². The molecule has 0 spiro atoms. The summed E-state index contributed by atoms with van der Waals surface area (Å²) in [6.07, 6.45) is 1.43. The molecule has 0 aromatic rings.